The highest BCUT2D eigenvalue weighted by atomic mass is 19.3. The fraction of sp³-hybridized carbons (Fsp3) is 0.889. The molecule has 0 aromatic heterocycles. The number of aliphatic hydroxyl groups excluding tert-OH is 1. The van der Waals surface area contributed by atoms with E-state index in [0.717, 1.165) is 17.7 Å². The van der Waals surface area contributed by atoms with Gasteiger partial charge in [-0.1, -0.05) is 0 Å². The first-order chi connectivity index (χ1) is 6.46. The molecule has 1 saturated heterocycles. The number of carbonyl (C=O) groups excluding carboxylic acids is 1. The molecule has 1 rings (SSSR count). The van der Waals surface area contributed by atoms with Crippen molar-refractivity contribution in [3.8, 4) is 0 Å². The molecule has 0 saturated carbocycles. The van der Waals surface area contributed by atoms with Crippen LogP contribution in [0.3, 0.4) is 0 Å². The third kappa shape index (κ3) is 2.41. The number of likely N-dealkylation sites (tertiary alicyclic amines) is 1. The van der Waals surface area contributed by atoms with Crippen LogP contribution in [0.1, 0.15) is 26.2 Å². The van der Waals surface area contributed by atoms with Crippen LogP contribution < -0.4 is 0 Å². The molecule has 1 heterocycles. The van der Waals surface area contributed by atoms with Crippen molar-refractivity contribution in [3.05, 3.63) is 0 Å². The second-order valence-corrected chi connectivity index (χ2v) is 3.72. The summed E-state index contributed by atoms with van der Waals surface area (Å²) in [4.78, 5) is 12.4. The first-order valence-corrected chi connectivity index (χ1v) is 4.76. The average molecular weight is 207 g/mol. The molecule has 1 fully saturated rings. The van der Waals surface area contributed by atoms with E-state index < -0.39 is 17.9 Å². The Bertz CT molecular complexity index is 215. The molecular formula is C9H15F2NO2. The summed E-state index contributed by atoms with van der Waals surface area (Å²) in [6, 6.07) is -0.429. The molecule has 14 heavy (non-hydrogen) atoms. The van der Waals surface area contributed by atoms with E-state index in [0.29, 0.717) is 19.9 Å². The van der Waals surface area contributed by atoms with Gasteiger partial charge in [-0.25, -0.2) is 0 Å². The zero-order chi connectivity index (χ0) is 10.8. The number of amides is 1. The number of hydrogen-bond acceptors (Lipinski definition) is 2. The Labute approximate surface area is 81.7 Å². The molecule has 1 aliphatic heterocycles. The molecular weight excluding hydrogens is 192 g/mol. The summed E-state index contributed by atoms with van der Waals surface area (Å²) in [6.07, 6.45) is 2.22. The van der Waals surface area contributed by atoms with E-state index in [4.69, 9.17) is 5.11 Å². The summed E-state index contributed by atoms with van der Waals surface area (Å²) in [7, 11) is 0. The van der Waals surface area contributed by atoms with Gasteiger partial charge in [0.15, 0.2) is 0 Å². The van der Waals surface area contributed by atoms with Crippen LogP contribution in [-0.2, 0) is 4.79 Å². The number of halogens is 2. The van der Waals surface area contributed by atoms with E-state index in [1.165, 1.54) is 0 Å². The topological polar surface area (TPSA) is 40.5 Å². The van der Waals surface area contributed by atoms with Crippen LogP contribution in [0.2, 0.25) is 0 Å². The van der Waals surface area contributed by atoms with Gasteiger partial charge >= 0.3 is 5.92 Å². The van der Waals surface area contributed by atoms with E-state index in [-0.39, 0.29) is 6.61 Å². The van der Waals surface area contributed by atoms with E-state index in [1.807, 2.05) is 0 Å². The Morgan fingerprint density at radius 3 is 2.71 bits per heavy atom. The third-order valence-corrected chi connectivity index (χ3v) is 2.47. The average Bonchev–Trinajstić information content (AvgIpc) is 2.15. The quantitative estimate of drug-likeness (QED) is 0.734. The maximum Gasteiger partial charge on any atom is 0.322 e. The lowest BCUT2D eigenvalue weighted by Crippen LogP contribution is -2.51. The zero-order valence-electron chi connectivity index (χ0n) is 8.17. The van der Waals surface area contributed by atoms with Crippen LogP contribution in [-0.4, -0.2) is 41.0 Å². The predicted octanol–water partition coefficient (Wildman–Crippen LogP) is 1.02. The van der Waals surface area contributed by atoms with Gasteiger partial charge in [0.25, 0.3) is 5.91 Å². The van der Waals surface area contributed by atoms with Gasteiger partial charge in [-0.05, 0) is 19.3 Å². The maximum atomic E-state index is 12.7. The summed E-state index contributed by atoms with van der Waals surface area (Å²) in [5.41, 5.74) is 0. The summed E-state index contributed by atoms with van der Waals surface area (Å²) in [6.45, 7) is 0.688. The molecule has 1 aliphatic rings. The third-order valence-electron chi connectivity index (χ3n) is 2.47. The second-order valence-electron chi connectivity index (χ2n) is 3.72. The lowest BCUT2D eigenvalue weighted by atomic mass is 10.0. The molecule has 82 valence electrons. The SMILES string of the molecule is CC(F)(F)C(=O)N1CCCCC1CO. The Morgan fingerprint density at radius 1 is 1.57 bits per heavy atom. The second kappa shape index (κ2) is 4.21. The van der Waals surface area contributed by atoms with Crippen molar-refractivity contribution < 1.29 is 18.7 Å². The molecule has 5 heteroatoms. The summed E-state index contributed by atoms with van der Waals surface area (Å²) in [5.74, 6) is -4.50. The van der Waals surface area contributed by atoms with Crippen molar-refractivity contribution in [3.63, 3.8) is 0 Å². The first-order valence-electron chi connectivity index (χ1n) is 4.76. The Hall–Kier alpha value is -0.710. The van der Waals surface area contributed by atoms with Crippen LogP contribution in [0, 0.1) is 0 Å². The van der Waals surface area contributed by atoms with Crippen LogP contribution >= 0.6 is 0 Å². The fourth-order valence-electron chi connectivity index (χ4n) is 1.71. The smallest absolute Gasteiger partial charge is 0.322 e. The molecule has 0 spiro atoms. The minimum atomic E-state index is -3.33. The maximum absolute atomic E-state index is 12.7. The van der Waals surface area contributed by atoms with Crippen LogP contribution in [0.25, 0.3) is 0 Å². The standard InChI is InChI=1S/C9H15F2NO2/c1-9(10,11)8(14)12-5-3-2-4-7(12)6-13/h7,13H,2-6H2,1H3. The van der Waals surface area contributed by atoms with Crippen molar-refractivity contribution in [2.24, 2.45) is 0 Å². The van der Waals surface area contributed by atoms with E-state index in [1.54, 1.807) is 0 Å². The highest BCUT2D eigenvalue weighted by molar-refractivity contribution is 5.83. The van der Waals surface area contributed by atoms with Crippen molar-refractivity contribution in [2.45, 2.75) is 38.2 Å². The normalized spacial score (nSPS) is 23.7. The molecule has 1 N–H and O–H groups in total. The van der Waals surface area contributed by atoms with E-state index in [9.17, 15) is 13.6 Å². The van der Waals surface area contributed by atoms with Gasteiger partial charge in [0.2, 0.25) is 0 Å². The summed E-state index contributed by atoms with van der Waals surface area (Å²) >= 11 is 0. The zero-order valence-corrected chi connectivity index (χ0v) is 8.17. The number of hydrogen-bond donors (Lipinski definition) is 1. The van der Waals surface area contributed by atoms with Crippen molar-refractivity contribution in [2.75, 3.05) is 13.2 Å². The molecule has 3 nitrogen and oxygen atoms in total. The van der Waals surface area contributed by atoms with Crippen molar-refractivity contribution in [1.29, 1.82) is 0 Å². The Balaban J connectivity index is 2.69. The summed E-state index contributed by atoms with van der Waals surface area (Å²) < 4.78 is 25.5. The molecule has 0 bridgehead atoms. The number of nitrogens with zero attached hydrogens (tertiary/aromatic N) is 1. The molecule has 1 unspecified atom stereocenters. The molecule has 0 aromatic carbocycles. The van der Waals surface area contributed by atoms with Crippen molar-refractivity contribution in [1.82, 2.24) is 4.90 Å². The largest absolute Gasteiger partial charge is 0.394 e. The van der Waals surface area contributed by atoms with Crippen LogP contribution in [0.15, 0.2) is 0 Å². The van der Waals surface area contributed by atoms with Crippen LogP contribution in [0.4, 0.5) is 8.78 Å². The van der Waals surface area contributed by atoms with Gasteiger partial charge in [-0.3, -0.25) is 4.79 Å². The minimum absolute atomic E-state index is 0.234. The first kappa shape index (κ1) is 11.4. The fourth-order valence-corrected chi connectivity index (χ4v) is 1.71. The van der Waals surface area contributed by atoms with Crippen LogP contribution in [0.5, 0.6) is 0 Å². The summed E-state index contributed by atoms with van der Waals surface area (Å²) in [5, 5.41) is 8.94. The number of alkyl halides is 2. The molecule has 1 atom stereocenters. The lowest BCUT2D eigenvalue weighted by Gasteiger charge is -2.35. The number of aliphatic hydroxyl groups is 1. The van der Waals surface area contributed by atoms with Crippen molar-refractivity contribution >= 4 is 5.91 Å². The van der Waals surface area contributed by atoms with Gasteiger partial charge in [-0.2, -0.15) is 8.78 Å². The molecule has 1 amide bonds. The Kier molecular flexibility index (Phi) is 3.42. The minimum Gasteiger partial charge on any atom is -0.394 e. The highest BCUT2D eigenvalue weighted by Gasteiger charge is 2.39. The number of rotatable bonds is 2. The van der Waals surface area contributed by atoms with E-state index >= 15 is 0 Å². The molecule has 0 aliphatic carbocycles. The predicted molar refractivity (Wildman–Crippen MR) is 47.1 cm³/mol. The highest BCUT2D eigenvalue weighted by Crippen LogP contribution is 2.23. The molecule has 0 aromatic rings. The van der Waals surface area contributed by atoms with E-state index in [2.05, 4.69) is 0 Å². The van der Waals surface area contributed by atoms with Gasteiger partial charge in [0.1, 0.15) is 0 Å². The number of carbonyl (C=O) groups is 1. The van der Waals surface area contributed by atoms with Gasteiger partial charge < -0.3 is 10.0 Å². The van der Waals surface area contributed by atoms with Gasteiger partial charge in [-0.15, -0.1) is 0 Å². The Morgan fingerprint density at radius 2 is 2.21 bits per heavy atom. The molecule has 0 radical (unpaired) electrons. The lowest BCUT2D eigenvalue weighted by molar-refractivity contribution is -0.159. The monoisotopic (exact) mass is 207 g/mol. The van der Waals surface area contributed by atoms with Gasteiger partial charge in [0.05, 0.1) is 12.6 Å². The van der Waals surface area contributed by atoms with Gasteiger partial charge in [0, 0.05) is 13.5 Å². The number of piperidine rings is 1.